The molecule has 0 aliphatic rings. The van der Waals surface area contributed by atoms with Crippen molar-refractivity contribution >= 4 is 35.1 Å². The number of pyridine rings is 1. The number of rotatable bonds is 5. The Morgan fingerprint density at radius 2 is 1.86 bits per heavy atom. The maximum absolute atomic E-state index is 11.7. The number of carbonyl (C=O) groups excluding carboxylic acids is 2. The number of nitrogens with zero attached hydrogens (tertiary/aromatic N) is 1. The van der Waals surface area contributed by atoms with Gasteiger partial charge in [-0.1, -0.05) is 29.3 Å². The number of benzene rings is 1. The summed E-state index contributed by atoms with van der Waals surface area (Å²) in [6.07, 6.45) is 2.94. The second-order valence-corrected chi connectivity index (χ2v) is 5.17. The second-order valence-electron chi connectivity index (χ2n) is 4.32. The minimum absolute atomic E-state index is 0.224. The van der Waals surface area contributed by atoms with Crippen LogP contribution in [0.1, 0.15) is 15.9 Å². The maximum Gasteiger partial charge on any atom is 0.338 e. The normalized spacial score (nSPS) is 10.1. The van der Waals surface area contributed by atoms with E-state index in [4.69, 9.17) is 27.9 Å². The lowest BCUT2D eigenvalue weighted by Crippen LogP contribution is -2.28. The number of nitrogens with one attached hydrogen (secondary N) is 1. The Morgan fingerprint density at radius 1 is 1.14 bits per heavy atom. The zero-order valence-electron chi connectivity index (χ0n) is 11.4. The van der Waals surface area contributed by atoms with Crippen molar-refractivity contribution in [2.24, 2.45) is 0 Å². The molecule has 0 saturated carbocycles. The standard InChI is InChI=1S/C15H12Cl2N2O3/c16-12-2-1-11(13(17)7-12)8-19-14(20)9-22-15(21)10-3-5-18-6-4-10/h1-7H,8-9H2,(H,19,20). The van der Waals surface area contributed by atoms with Gasteiger partial charge in [-0.15, -0.1) is 0 Å². The van der Waals surface area contributed by atoms with Crippen LogP contribution in [0, 0.1) is 0 Å². The van der Waals surface area contributed by atoms with Crippen LogP contribution in [0.3, 0.4) is 0 Å². The van der Waals surface area contributed by atoms with Crippen LogP contribution in [-0.2, 0) is 16.1 Å². The Morgan fingerprint density at radius 3 is 2.55 bits per heavy atom. The fraction of sp³-hybridized carbons (Fsp3) is 0.133. The average molecular weight is 339 g/mol. The molecule has 5 nitrogen and oxygen atoms in total. The topological polar surface area (TPSA) is 68.3 Å². The maximum atomic E-state index is 11.7. The molecule has 0 bridgehead atoms. The highest BCUT2D eigenvalue weighted by Gasteiger charge is 2.10. The first-order valence-electron chi connectivity index (χ1n) is 6.34. The van der Waals surface area contributed by atoms with E-state index in [1.54, 1.807) is 18.2 Å². The third kappa shape index (κ3) is 4.72. The molecule has 2 aromatic rings. The van der Waals surface area contributed by atoms with E-state index < -0.39 is 11.9 Å². The molecule has 0 aliphatic carbocycles. The quantitative estimate of drug-likeness (QED) is 0.851. The molecular weight excluding hydrogens is 327 g/mol. The van der Waals surface area contributed by atoms with Gasteiger partial charge in [0.2, 0.25) is 0 Å². The van der Waals surface area contributed by atoms with Crippen molar-refractivity contribution in [3.8, 4) is 0 Å². The van der Waals surface area contributed by atoms with Crippen LogP contribution in [0.4, 0.5) is 0 Å². The zero-order valence-corrected chi connectivity index (χ0v) is 12.9. The molecule has 0 aliphatic heterocycles. The van der Waals surface area contributed by atoms with Gasteiger partial charge in [-0.3, -0.25) is 9.78 Å². The minimum Gasteiger partial charge on any atom is -0.452 e. The molecule has 0 atom stereocenters. The molecule has 1 amide bonds. The molecule has 0 fully saturated rings. The Kier molecular flexibility index (Phi) is 5.75. The fourth-order valence-electron chi connectivity index (χ4n) is 1.61. The highest BCUT2D eigenvalue weighted by molar-refractivity contribution is 6.35. The first-order valence-corrected chi connectivity index (χ1v) is 7.09. The number of hydrogen-bond donors (Lipinski definition) is 1. The van der Waals surface area contributed by atoms with Gasteiger partial charge in [0, 0.05) is 29.0 Å². The average Bonchev–Trinajstić information content (AvgIpc) is 2.52. The van der Waals surface area contributed by atoms with Gasteiger partial charge in [-0.05, 0) is 29.8 Å². The molecule has 1 aromatic heterocycles. The Labute approximate surface area is 137 Å². The van der Waals surface area contributed by atoms with Crippen LogP contribution < -0.4 is 5.32 Å². The molecule has 0 spiro atoms. The van der Waals surface area contributed by atoms with Gasteiger partial charge >= 0.3 is 5.97 Å². The van der Waals surface area contributed by atoms with E-state index in [1.165, 1.54) is 24.5 Å². The summed E-state index contributed by atoms with van der Waals surface area (Å²) in [6, 6.07) is 8.00. The van der Waals surface area contributed by atoms with Crippen LogP contribution in [0.5, 0.6) is 0 Å². The highest BCUT2D eigenvalue weighted by atomic mass is 35.5. The molecule has 0 saturated heterocycles. The summed E-state index contributed by atoms with van der Waals surface area (Å²) in [6.45, 7) is -0.145. The van der Waals surface area contributed by atoms with Gasteiger partial charge in [-0.2, -0.15) is 0 Å². The molecular formula is C15H12Cl2N2O3. The van der Waals surface area contributed by atoms with E-state index >= 15 is 0 Å². The van der Waals surface area contributed by atoms with E-state index in [0.717, 1.165) is 5.56 Å². The minimum atomic E-state index is -0.581. The fourth-order valence-corrected chi connectivity index (χ4v) is 2.09. The van der Waals surface area contributed by atoms with Crippen LogP contribution >= 0.6 is 23.2 Å². The predicted octanol–water partition coefficient (Wildman–Crippen LogP) is 2.86. The number of carbonyl (C=O) groups is 2. The van der Waals surface area contributed by atoms with Crippen molar-refractivity contribution in [2.75, 3.05) is 6.61 Å². The summed E-state index contributed by atoms with van der Waals surface area (Å²) in [7, 11) is 0. The van der Waals surface area contributed by atoms with E-state index in [-0.39, 0.29) is 13.2 Å². The molecule has 1 N–H and O–H groups in total. The Balaban J connectivity index is 1.80. The number of hydrogen-bond acceptors (Lipinski definition) is 4. The lowest BCUT2D eigenvalue weighted by molar-refractivity contribution is -0.124. The third-order valence-corrected chi connectivity index (χ3v) is 3.33. The van der Waals surface area contributed by atoms with E-state index in [2.05, 4.69) is 10.3 Å². The molecule has 7 heteroatoms. The number of esters is 1. The van der Waals surface area contributed by atoms with Gasteiger partial charge in [0.25, 0.3) is 5.91 Å². The molecule has 22 heavy (non-hydrogen) atoms. The lowest BCUT2D eigenvalue weighted by atomic mass is 10.2. The number of aromatic nitrogens is 1. The molecule has 1 heterocycles. The molecule has 0 unspecified atom stereocenters. The van der Waals surface area contributed by atoms with Crippen molar-refractivity contribution in [3.05, 3.63) is 63.9 Å². The monoisotopic (exact) mass is 338 g/mol. The summed E-state index contributed by atoms with van der Waals surface area (Å²) >= 11 is 11.8. The van der Waals surface area contributed by atoms with Crippen LogP contribution in [0.25, 0.3) is 0 Å². The smallest absolute Gasteiger partial charge is 0.338 e. The summed E-state index contributed by atoms with van der Waals surface area (Å²) in [4.78, 5) is 27.1. The Bertz CT molecular complexity index is 678. The molecule has 2 rings (SSSR count). The number of halogens is 2. The van der Waals surface area contributed by atoms with E-state index in [1.807, 2.05) is 0 Å². The summed E-state index contributed by atoms with van der Waals surface area (Å²) < 4.78 is 4.89. The summed E-state index contributed by atoms with van der Waals surface area (Å²) in [5, 5.41) is 3.59. The van der Waals surface area contributed by atoms with Gasteiger partial charge < -0.3 is 10.1 Å². The van der Waals surface area contributed by atoms with Crippen molar-refractivity contribution < 1.29 is 14.3 Å². The Hall–Kier alpha value is -2.11. The first kappa shape index (κ1) is 16.3. The van der Waals surface area contributed by atoms with E-state index in [0.29, 0.717) is 15.6 Å². The lowest BCUT2D eigenvalue weighted by Gasteiger charge is -2.08. The van der Waals surface area contributed by atoms with Gasteiger partial charge in [0.05, 0.1) is 5.56 Å². The predicted molar refractivity (Wildman–Crippen MR) is 82.8 cm³/mol. The number of ether oxygens (including phenoxy) is 1. The third-order valence-electron chi connectivity index (χ3n) is 2.74. The molecule has 1 aromatic carbocycles. The summed E-state index contributed by atoms with van der Waals surface area (Å²) in [5.74, 6) is -1.00. The van der Waals surface area contributed by atoms with Gasteiger partial charge in [-0.25, -0.2) is 4.79 Å². The van der Waals surface area contributed by atoms with Crippen molar-refractivity contribution in [1.29, 1.82) is 0 Å². The second kappa shape index (κ2) is 7.77. The van der Waals surface area contributed by atoms with Gasteiger partial charge in [0.15, 0.2) is 6.61 Å². The highest BCUT2D eigenvalue weighted by Crippen LogP contribution is 2.20. The van der Waals surface area contributed by atoms with Crippen molar-refractivity contribution in [2.45, 2.75) is 6.54 Å². The van der Waals surface area contributed by atoms with Crippen LogP contribution in [0.15, 0.2) is 42.7 Å². The van der Waals surface area contributed by atoms with Crippen LogP contribution in [-0.4, -0.2) is 23.5 Å². The van der Waals surface area contributed by atoms with Crippen LogP contribution in [0.2, 0.25) is 10.0 Å². The van der Waals surface area contributed by atoms with Gasteiger partial charge in [0.1, 0.15) is 0 Å². The largest absolute Gasteiger partial charge is 0.452 e. The summed E-state index contributed by atoms with van der Waals surface area (Å²) in [5.41, 5.74) is 1.06. The first-order chi connectivity index (χ1) is 10.6. The number of amides is 1. The van der Waals surface area contributed by atoms with E-state index in [9.17, 15) is 9.59 Å². The molecule has 0 radical (unpaired) electrons. The van der Waals surface area contributed by atoms with Crippen molar-refractivity contribution in [3.63, 3.8) is 0 Å². The zero-order chi connectivity index (χ0) is 15.9. The molecule has 114 valence electrons. The van der Waals surface area contributed by atoms with Crippen molar-refractivity contribution in [1.82, 2.24) is 10.3 Å². The SMILES string of the molecule is O=C(COC(=O)c1ccncc1)NCc1ccc(Cl)cc1Cl.